The smallest absolute Gasteiger partial charge is 0.256 e. The molecular weight excluding hydrogens is 342 g/mol. The van der Waals surface area contributed by atoms with Crippen molar-refractivity contribution in [3.8, 4) is 0 Å². The molecule has 142 valence electrons. The maximum absolute atomic E-state index is 13.9. The highest BCUT2D eigenvalue weighted by molar-refractivity contribution is 5.94. The Bertz CT molecular complexity index is 687. The lowest BCUT2D eigenvalue weighted by Gasteiger charge is -2.47. The van der Waals surface area contributed by atoms with Crippen LogP contribution in [0, 0.1) is 17.0 Å². The van der Waals surface area contributed by atoms with Crippen LogP contribution in [0.25, 0.3) is 0 Å². The van der Waals surface area contributed by atoms with E-state index in [2.05, 4.69) is 0 Å². The van der Waals surface area contributed by atoms with Gasteiger partial charge in [0.25, 0.3) is 5.91 Å². The van der Waals surface area contributed by atoms with E-state index in [0.29, 0.717) is 39.2 Å². The Morgan fingerprint density at radius 1 is 1.23 bits per heavy atom. The van der Waals surface area contributed by atoms with Gasteiger partial charge in [-0.15, -0.1) is 0 Å². The van der Waals surface area contributed by atoms with Crippen LogP contribution in [0.2, 0.25) is 0 Å². The second-order valence-corrected chi connectivity index (χ2v) is 7.22. The second-order valence-electron chi connectivity index (χ2n) is 7.22. The summed E-state index contributed by atoms with van der Waals surface area (Å²) >= 11 is 0. The molecule has 0 N–H and O–H groups in total. The fourth-order valence-corrected chi connectivity index (χ4v) is 3.93. The number of amides is 2. The molecule has 2 amide bonds. The van der Waals surface area contributed by atoms with E-state index in [1.165, 1.54) is 0 Å². The van der Waals surface area contributed by atoms with E-state index in [4.69, 9.17) is 4.74 Å². The number of hydrogen-bond donors (Lipinski definition) is 0. The van der Waals surface area contributed by atoms with Gasteiger partial charge in [0.15, 0.2) is 0 Å². The van der Waals surface area contributed by atoms with Gasteiger partial charge in [-0.3, -0.25) is 9.59 Å². The minimum Gasteiger partial charge on any atom is -0.383 e. The third-order valence-electron chi connectivity index (χ3n) is 5.58. The molecule has 0 unspecified atom stereocenters. The molecule has 26 heavy (non-hydrogen) atoms. The van der Waals surface area contributed by atoms with Gasteiger partial charge in [0.2, 0.25) is 5.91 Å². The van der Waals surface area contributed by atoms with E-state index >= 15 is 0 Å². The molecule has 2 heterocycles. The minimum absolute atomic E-state index is 0.00108. The molecule has 5 nitrogen and oxygen atoms in total. The molecule has 1 aromatic rings. The predicted molar refractivity (Wildman–Crippen MR) is 91.6 cm³/mol. The van der Waals surface area contributed by atoms with Crippen LogP contribution in [-0.4, -0.2) is 61.5 Å². The number of ether oxygens (including phenoxy) is 1. The van der Waals surface area contributed by atoms with Gasteiger partial charge in [-0.25, -0.2) is 8.78 Å². The van der Waals surface area contributed by atoms with Crippen LogP contribution < -0.4 is 0 Å². The maximum Gasteiger partial charge on any atom is 0.256 e. The van der Waals surface area contributed by atoms with Gasteiger partial charge in [-0.05, 0) is 42.9 Å². The number of carbonyl (C=O) groups excluding carboxylic acids is 2. The monoisotopic (exact) mass is 366 g/mol. The van der Waals surface area contributed by atoms with Gasteiger partial charge in [-0.2, -0.15) is 0 Å². The Morgan fingerprint density at radius 3 is 2.65 bits per heavy atom. The first kappa shape index (κ1) is 18.8. The summed E-state index contributed by atoms with van der Waals surface area (Å²) in [4.78, 5) is 28.0. The van der Waals surface area contributed by atoms with Crippen LogP contribution in [-0.2, 0) is 9.53 Å². The van der Waals surface area contributed by atoms with Crippen molar-refractivity contribution in [2.75, 3.05) is 39.9 Å². The first-order valence-electron chi connectivity index (χ1n) is 8.95. The summed E-state index contributed by atoms with van der Waals surface area (Å²) in [6.07, 6.45) is 2.83. The normalized spacial score (nSPS) is 19.9. The molecule has 1 spiro atoms. The summed E-state index contributed by atoms with van der Waals surface area (Å²) in [7, 11) is 1.61. The Balaban J connectivity index is 1.64. The Labute approximate surface area is 151 Å². The first-order valence-corrected chi connectivity index (χ1v) is 8.95. The molecule has 3 rings (SSSR count). The van der Waals surface area contributed by atoms with Crippen LogP contribution in [0.5, 0.6) is 0 Å². The number of piperidine rings is 2. The van der Waals surface area contributed by atoms with Crippen molar-refractivity contribution in [3.05, 3.63) is 35.4 Å². The molecule has 2 saturated heterocycles. The van der Waals surface area contributed by atoms with Crippen LogP contribution in [0.3, 0.4) is 0 Å². The highest BCUT2D eigenvalue weighted by Gasteiger charge is 2.41. The SMILES string of the molecule is COCCN1CC2(CCC1=O)CCN(C(=O)c1cc(F)ccc1F)CC2. The van der Waals surface area contributed by atoms with E-state index in [1.54, 1.807) is 12.0 Å². The molecule has 0 radical (unpaired) electrons. The molecular formula is C19H24F2N2O3. The van der Waals surface area contributed by atoms with Gasteiger partial charge >= 0.3 is 0 Å². The van der Waals surface area contributed by atoms with Gasteiger partial charge in [0.05, 0.1) is 12.2 Å². The molecule has 2 fully saturated rings. The number of benzene rings is 1. The van der Waals surface area contributed by atoms with Crippen LogP contribution in [0.15, 0.2) is 18.2 Å². The predicted octanol–water partition coefficient (Wildman–Crippen LogP) is 2.46. The van der Waals surface area contributed by atoms with E-state index in [0.717, 1.165) is 37.5 Å². The first-order chi connectivity index (χ1) is 12.4. The Morgan fingerprint density at radius 2 is 1.96 bits per heavy atom. The van der Waals surface area contributed by atoms with Crippen LogP contribution in [0.4, 0.5) is 8.78 Å². The molecule has 0 saturated carbocycles. The highest BCUT2D eigenvalue weighted by atomic mass is 19.1. The number of hydrogen-bond acceptors (Lipinski definition) is 3. The van der Waals surface area contributed by atoms with Gasteiger partial charge in [0.1, 0.15) is 11.6 Å². The van der Waals surface area contributed by atoms with Crippen LogP contribution >= 0.6 is 0 Å². The molecule has 7 heteroatoms. The fourth-order valence-electron chi connectivity index (χ4n) is 3.93. The molecule has 0 aromatic heterocycles. The third-order valence-corrected chi connectivity index (χ3v) is 5.58. The Hall–Kier alpha value is -2.02. The van der Waals surface area contributed by atoms with Gasteiger partial charge < -0.3 is 14.5 Å². The summed E-state index contributed by atoms with van der Waals surface area (Å²) in [5.74, 6) is -1.65. The number of methoxy groups -OCH3 is 1. The quantitative estimate of drug-likeness (QED) is 0.823. The standard InChI is InChI=1S/C19H24F2N2O3/c1-26-11-10-23-13-19(5-4-17(23)24)6-8-22(9-7-19)18(25)15-12-14(20)2-3-16(15)21/h2-3,12H,4-11,13H2,1H3. The van der Waals surface area contributed by atoms with Gasteiger partial charge in [0, 0.05) is 39.7 Å². The molecule has 2 aliphatic rings. The summed E-state index contributed by atoms with van der Waals surface area (Å²) in [5.41, 5.74) is -0.222. The summed E-state index contributed by atoms with van der Waals surface area (Å²) in [6.45, 7) is 2.73. The largest absolute Gasteiger partial charge is 0.383 e. The Kier molecular flexibility index (Phi) is 5.55. The van der Waals surface area contributed by atoms with Crippen molar-refractivity contribution >= 4 is 11.8 Å². The lowest BCUT2D eigenvalue weighted by Crippen LogP contribution is -2.53. The average molecular weight is 366 g/mol. The number of halogens is 2. The highest BCUT2D eigenvalue weighted by Crippen LogP contribution is 2.40. The lowest BCUT2D eigenvalue weighted by molar-refractivity contribution is -0.139. The molecule has 1 aromatic carbocycles. The zero-order valence-corrected chi connectivity index (χ0v) is 15.0. The number of carbonyl (C=O) groups is 2. The summed E-state index contributed by atoms with van der Waals surface area (Å²) in [6, 6.07) is 2.94. The molecule has 0 aliphatic carbocycles. The second kappa shape index (κ2) is 7.70. The van der Waals surface area contributed by atoms with E-state index in [-0.39, 0.29) is 16.9 Å². The van der Waals surface area contributed by atoms with Crippen molar-refractivity contribution in [2.45, 2.75) is 25.7 Å². The topological polar surface area (TPSA) is 49.9 Å². The number of nitrogens with zero attached hydrogens (tertiary/aromatic N) is 2. The maximum atomic E-state index is 13.9. The third kappa shape index (κ3) is 3.87. The zero-order chi connectivity index (χ0) is 18.7. The number of rotatable bonds is 4. The van der Waals surface area contributed by atoms with Crippen LogP contribution in [0.1, 0.15) is 36.0 Å². The lowest BCUT2D eigenvalue weighted by atomic mass is 9.72. The van der Waals surface area contributed by atoms with E-state index < -0.39 is 17.5 Å². The molecule has 0 atom stereocenters. The average Bonchev–Trinajstić information content (AvgIpc) is 2.65. The zero-order valence-electron chi connectivity index (χ0n) is 15.0. The van der Waals surface area contributed by atoms with Crippen molar-refractivity contribution in [1.29, 1.82) is 0 Å². The minimum atomic E-state index is -0.703. The van der Waals surface area contributed by atoms with Gasteiger partial charge in [-0.1, -0.05) is 0 Å². The van der Waals surface area contributed by atoms with Crippen molar-refractivity contribution < 1.29 is 23.1 Å². The number of likely N-dealkylation sites (tertiary alicyclic amines) is 2. The fraction of sp³-hybridized carbons (Fsp3) is 0.579. The molecule has 0 bridgehead atoms. The van der Waals surface area contributed by atoms with E-state index in [9.17, 15) is 18.4 Å². The summed E-state index contributed by atoms with van der Waals surface area (Å²) in [5, 5.41) is 0. The molecule has 2 aliphatic heterocycles. The summed E-state index contributed by atoms with van der Waals surface area (Å²) < 4.78 is 32.3. The van der Waals surface area contributed by atoms with Crippen molar-refractivity contribution in [2.24, 2.45) is 5.41 Å². The van der Waals surface area contributed by atoms with Crippen molar-refractivity contribution in [1.82, 2.24) is 9.80 Å². The van der Waals surface area contributed by atoms with E-state index in [1.807, 2.05) is 4.90 Å². The van der Waals surface area contributed by atoms with Crippen molar-refractivity contribution in [3.63, 3.8) is 0 Å².